The number of alkyl halides is 1. The zero-order valence-corrected chi connectivity index (χ0v) is 11.4. The van der Waals surface area contributed by atoms with Crippen molar-refractivity contribution in [1.82, 2.24) is 0 Å². The quantitative estimate of drug-likeness (QED) is 0.758. The van der Waals surface area contributed by atoms with Crippen molar-refractivity contribution in [1.29, 1.82) is 0 Å². The molecule has 0 saturated heterocycles. The number of benzene rings is 1. The summed E-state index contributed by atoms with van der Waals surface area (Å²) in [6.45, 7) is 0. The lowest BCUT2D eigenvalue weighted by molar-refractivity contribution is 0.414. The van der Waals surface area contributed by atoms with E-state index in [0.717, 1.165) is 12.2 Å². The lowest BCUT2D eigenvalue weighted by atomic mass is 10.1. The minimum absolute atomic E-state index is 0.396. The third kappa shape index (κ3) is 2.86. The summed E-state index contributed by atoms with van der Waals surface area (Å²) in [7, 11) is 1.69. The van der Waals surface area contributed by atoms with Gasteiger partial charge >= 0.3 is 0 Å². The number of rotatable bonds is 4. The number of halogens is 1. The van der Waals surface area contributed by atoms with Crippen LogP contribution in [-0.4, -0.2) is 7.11 Å². The van der Waals surface area contributed by atoms with Crippen LogP contribution in [0.4, 0.5) is 0 Å². The number of thiophene rings is 1. The first kappa shape index (κ1) is 11.7. The number of methoxy groups -OCH3 is 1. The van der Waals surface area contributed by atoms with Crippen molar-refractivity contribution in [2.24, 2.45) is 0 Å². The molecule has 16 heavy (non-hydrogen) atoms. The van der Waals surface area contributed by atoms with E-state index in [9.17, 15) is 0 Å². The van der Waals surface area contributed by atoms with Crippen molar-refractivity contribution in [3.8, 4) is 5.75 Å². The highest BCUT2D eigenvalue weighted by molar-refractivity contribution is 9.09. The zero-order valence-electron chi connectivity index (χ0n) is 9.02. The van der Waals surface area contributed by atoms with Crippen LogP contribution in [0.1, 0.15) is 16.0 Å². The van der Waals surface area contributed by atoms with Crippen molar-refractivity contribution < 1.29 is 4.74 Å². The van der Waals surface area contributed by atoms with Gasteiger partial charge in [-0.1, -0.05) is 28.1 Å². The number of hydrogen-bond donors (Lipinski definition) is 0. The molecule has 1 heterocycles. The smallest absolute Gasteiger partial charge is 0.118 e. The Balaban J connectivity index is 2.03. The second-order valence-corrected chi connectivity index (χ2v) is 5.46. The molecule has 1 aromatic heterocycles. The van der Waals surface area contributed by atoms with E-state index in [4.69, 9.17) is 4.74 Å². The summed E-state index contributed by atoms with van der Waals surface area (Å²) in [5, 5.41) is 4.29. The molecule has 1 unspecified atom stereocenters. The summed E-state index contributed by atoms with van der Waals surface area (Å²) < 4.78 is 5.14. The summed E-state index contributed by atoms with van der Waals surface area (Å²) in [5.41, 5.74) is 2.66. The maximum Gasteiger partial charge on any atom is 0.118 e. The van der Waals surface area contributed by atoms with Crippen molar-refractivity contribution in [2.75, 3.05) is 7.11 Å². The molecule has 2 aromatic rings. The molecule has 0 aliphatic heterocycles. The molecule has 3 heteroatoms. The van der Waals surface area contributed by atoms with E-state index in [-0.39, 0.29) is 0 Å². The predicted molar refractivity (Wildman–Crippen MR) is 72.7 cm³/mol. The molecule has 0 bridgehead atoms. The van der Waals surface area contributed by atoms with Crippen molar-refractivity contribution in [3.63, 3.8) is 0 Å². The maximum absolute atomic E-state index is 5.14. The van der Waals surface area contributed by atoms with Gasteiger partial charge < -0.3 is 4.74 Å². The van der Waals surface area contributed by atoms with Crippen molar-refractivity contribution >= 4 is 27.3 Å². The molecule has 0 radical (unpaired) electrons. The molecule has 1 atom stereocenters. The maximum atomic E-state index is 5.14. The van der Waals surface area contributed by atoms with Gasteiger partial charge in [0.2, 0.25) is 0 Å². The summed E-state index contributed by atoms with van der Waals surface area (Å²) in [4.78, 5) is 0.396. The molecule has 0 aliphatic rings. The molecule has 1 nitrogen and oxygen atoms in total. The van der Waals surface area contributed by atoms with Crippen molar-refractivity contribution in [2.45, 2.75) is 11.2 Å². The molecule has 0 spiro atoms. The van der Waals surface area contributed by atoms with E-state index in [1.165, 1.54) is 11.1 Å². The van der Waals surface area contributed by atoms with Gasteiger partial charge in [-0.15, -0.1) is 0 Å². The van der Waals surface area contributed by atoms with Crippen LogP contribution in [-0.2, 0) is 6.42 Å². The molecular formula is C13H13BrOS. The Morgan fingerprint density at radius 2 is 2.00 bits per heavy atom. The number of hydrogen-bond acceptors (Lipinski definition) is 2. The van der Waals surface area contributed by atoms with Crippen LogP contribution in [0.2, 0.25) is 0 Å². The lowest BCUT2D eigenvalue weighted by Gasteiger charge is -2.08. The van der Waals surface area contributed by atoms with E-state index < -0.39 is 0 Å². The predicted octanol–water partition coefficient (Wildman–Crippen LogP) is 4.44. The summed E-state index contributed by atoms with van der Waals surface area (Å²) in [6, 6.07) is 10.4. The van der Waals surface area contributed by atoms with Gasteiger partial charge in [0.05, 0.1) is 7.11 Å². The zero-order chi connectivity index (χ0) is 11.4. The summed E-state index contributed by atoms with van der Waals surface area (Å²) >= 11 is 5.45. The van der Waals surface area contributed by atoms with E-state index in [2.05, 4.69) is 44.9 Å². The molecule has 0 fully saturated rings. The second-order valence-electron chi connectivity index (χ2n) is 3.58. The Labute approximate surface area is 108 Å². The summed E-state index contributed by atoms with van der Waals surface area (Å²) in [5.74, 6) is 0.908. The first-order valence-corrected chi connectivity index (χ1v) is 6.94. The Bertz CT molecular complexity index is 422. The van der Waals surface area contributed by atoms with Crippen LogP contribution < -0.4 is 4.74 Å². The Kier molecular flexibility index (Phi) is 4.02. The third-order valence-corrected chi connectivity index (χ3v) is 4.03. The molecular weight excluding hydrogens is 284 g/mol. The van der Waals surface area contributed by atoms with Crippen LogP contribution in [0.3, 0.4) is 0 Å². The van der Waals surface area contributed by atoms with Crippen LogP contribution in [0.5, 0.6) is 5.75 Å². The Hall–Kier alpha value is -0.800. The largest absolute Gasteiger partial charge is 0.497 e. The van der Waals surface area contributed by atoms with Crippen LogP contribution in [0.25, 0.3) is 0 Å². The molecule has 2 rings (SSSR count). The van der Waals surface area contributed by atoms with E-state index in [1.807, 2.05) is 12.1 Å². The van der Waals surface area contributed by atoms with E-state index >= 15 is 0 Å². The van der Waals surface area contributed by atoms with E-state index in [0.29, 0.717) is 4.83 Å². The van der Waals surface area contributed by atoms with Gasteiger partial charge in [-0.05, 0) is 46.5 Å². The molecule has 0 N–H and O–H groups in total. The normalized spacial score (nSPS) is 12.4. The van der Waals surface area contributed by atoms with Gasteiger partial charge in [0.25, 0.3) is 0 Å². The highest BCUT2D eigenvalue weighted by Crippen LogP contribution is 2.29. The molecule has 0 aliphatic carbocycles. The molecule has 1 aromatic carbocycles. The van der Waals surface area contributed by atoms with Gasteiger partial charge in [0.1, 0.15) is 5.75 Å². The SMILES string of the molecule is COc1ccc(CC(Br)c2ccsc2)cc1. The molecule has 0 saturated carbocycles. The van der Waals surface area contributed by atoms with Crippen LogP contribution in [0, 0.1) is 0 Å². The average molecular weight is 297 g/mol. The number of ether oxygens (including phenoxy) is 1. The van der Waals surface area contributed by atoms with Gasteiger partial charge in [-0.3, -0.25) is 0 Å². The van der Waals surface area contributed by atoms with Crippen LogP contribution >= 0.6 is 27.3 Å². The first-order valence-electron chi connectivity index (χ1n) is 5.08. The lowest BCUT2D eigenvalue weighted by Crippen LogP contribution is -1.93. The van der Waals surface area contributed by atoms with Gasteiger partial charge in [-0.2, -0.15) is 11.3 Å². The highest BCUT2D eigenvalue weighted by atomic mass is 79.9. The third-order valence-electron chi connectivity index (χ3n) is 2.48. The fourth-order valence-electron chi connectivity index (χ4n) is 1.54. The second kappa shape index (κ2) is 5.51. The fraction of sp³-hybridized carbons (Fsp3) is 0.231. The van der Waals surface area contributed by atoms with Crippen molar-refractivity contribution in [3.05, 3.63) is 52.2 Å². The van der Waals surface area contributed by atoms with Gasteiger partial charge in [0.15, 0.2) is 0 Å². The van der Waals surface area contributed by atoms with E-state index in [1.54, 1.807) is 18.4 Å². The first-order chi connectivity index (χ1) is 7.79. The molecule has 0 amide bonds. The topological polar surface area (TPSA) is 9.23 Å². The molecule has 84 valence electrons. The monoisotopic (exact) mass is 296 g/mol. The Morgan fingerprint density at radius 3 is 2.56 bits per heavy atom. The average Bonchev–Trinajstić information content (AvgIpc) is 2.83. The Morgan fingerprint density at radius 1 is 1.25 bits per heavy atom. The van der Waals surface area contributed by atoms with Crippen LogP contribution in [0.15, 0.2) is 41.1 Å². The minimum atomic E-state index is 0.396. The van der Waals surface area contributed by atoms with Gasteiger partial charge in [0, 0.05) is 4.83 Å². The summed E-state index contributed by atoms with van der Waals surface area (Å²) in [6.07, 6.45) is 1.00. The fourth-order valence-corrected chi connectivity index (χ4v) is 3.09. The highest BCUT2D eigenvalue weighted by Gasteiger charge is 2.08. The minimum Gasteiger partial charge on any atom is -0.497 e. The standard InChI is InChI=1S/C13H13BrOS/c1-15-12-4-2-10(3-5-12)8-13(14)11-6-7-16-9-11/h2-7,9,13H,8H2,1H3. The van der Waals surface area contributed by atoms with Gasteiger partial charge in [-0.25, -0.2) is 0 Å².